The van der Waals surface area contributed by atoms with Gasteiger partial charge in [-0.1, -0.05) is 29.8 Å². The van der Waals surface area contributed by atoms with Crippen molar-refractivity contribution >= 4 is 11.6 Å². The van der Waals surface area contributed by atoms with E-state index >= 15 is 0 Å². The fourth-order valence-corrected chi connectivity index (χ4v) is 3.56. The van der Waals surface area contributed by atoms with Crippen LogP contribution in [0.25, 0.3) is 0 Å². The van der Waals surface area contributed by atoms with Gasteiger partial charge in [0.1, 0.15) is 29.8 Å². The van der Waals surface area contributed by atoms with Gasteiger partial charge in [-0.15, -0.1) is 5.10 Å². The minimum absolute atomic E-state index is 0.0148. The minimum Gasteiger partial charge on any atom is -0.489 e. The lowest BCUT2D eigenvalue weighted by molar-refractivity contribution is 0.299. The predicted molar refractivity (Wildman–Crippen MR) is 105 cm³/mol. The summed E-state index contributed by atoms with van der Waals surface area (Å²) in [6.45, 7) is 1.82. The molecule has 0 bridgehead atoms. The first kappa shape index (κ1) is 18.8. The topological polar surface area (TPSA) is 97.0 Å². The van der Waals surface area contributed by atoms with E-state index in [4.69, 9.17) is 26.8 Å². The van der Waals surface area contributed by atoms with E-state index in [1.807, 2.05) is 13.0 Å². The Hall–Kier alpha value is -3.50. The summed E-state index contributed by atoms with van der Waals surface area (Å²) in [5, 5.41) is 16.9. The number of nitrogens with two attached hydrogens (primary N) is 1. The SMILES string of the molecule is Cc1[nH]nc2c1C(c1cccc(OCc3c(F)cccc3Cl)c1)C(C#N)=C(N)O2. The molecule has 29 heavy (non-hydrogen) atoms. The Morgan fingerprint density at radius 2 is 2.14 bits per heavy atom. The second-order valence-electron chi connectivity index (χ2n) is 6.55. The number of halogens is 2. The molecule has 0 radical (unpaired) electrons. The number of fused-ring (bicyclic) bond motifs is 1. The molecule has 2 heterocycles. The van der Waals surface area contributed by atoms with Crippen LogP contribution in [0.15, 0.2) is 53.9 Å². The minimum atomic E-state index is -0.455. The Bertz CT molecular complexity index is 1150. The first-order valence-electron chi connectivity index (χ1n) is 8.77. The molecule has 3 N–H and O–H groups in total. The van der Waals surface area contributed by atoms with Crippen molar-refractivity contribution in [1.82, 2.24) is 10.2 Å². The Kier molecular flexibility index (Phi) is 4.87. The van der Waals surface area contributed by atoms with E-state index in [0.717, 1.165) is 16.8 Å². The normalized spacial score (nSPS) is 15.4. The van der Waals surface area contributed by atoms with Crippen molar-refractivity contribution in [2.24, 2.45) is 5.73 Å². The van der Waals surface area contributed by atoms with Crippen molar-refractivity contribution in [3.05, 3.63) is 87.1 Å². The Morgan fingerprint density at radius 3 is 2.90 bits per heavy atom. The third kappa shape index (κ3) is 3.39. The van der Waals surface area contributed by atoms with Crippen molar-refractivity contribution in [1.29, 1.82) is 5.26 Å². The van der Waals surface area contributed by atoms with Crippen LogP contribution in [0.1, 0.15) is 28.3 Å². The summed E-state index contributed by atoms with van der Waals surface area (Å²) >= 11 is 6.06. The number of nitriles is 1. The summed E-state index contributed by atoms with van der Waals surface area (Å²) in [5.41, 5.74) is 8.79. The molecule has 0 aliphatic carbocycles. The van der Waals surface area contributed by atoms with Gasteiger partial charge >= 0.3 is 0 Å². The van der Waals surface area contributed by atoms with E-state index in [-0.39, 0.29) is 23.6 Å². The Balaban J connectivity index is 1.68. The van der Waals surface area contributed by atoms with Crippen LogP contribution in [-0.4, -0.2) is 10.2 Å². The average Bonchev–Trinajstić information content (AvgIpc) is 3.07. The van der Waals surface area contributed by atoms with Gasteiger partial charge in [0.2, 0.25) is 11.8 Å². The number of H-pyrrole nitrogens is 1. The van der Waals surface area contributed by atoms with E-state index in [0.29, 0.717) is 16.7 Å². The van der Waals surface area contributed by atoms with Crippen LogP contribution in [0.4, 0.5) is 4.39 Å². The van der Waals surface area contributed by atoms with Crippen LogP contribution in [0.5, 0.6) is 11.6 Å². The molecule has 6 nitrogen and oxygen atoms in total. The smallest absolute Gasteiger partial charge is 0.244 e. The van der Waals surface area contributed by atoms with Crippen LogP contribution in [0.2, 0.25) is 5.02 Å². The van der Waals surface area contributed by atoms with E-state index in [1.165, 1.54) is 12.1 Å². The van der Waals surface area contributed by atoms with Crippen molar-refractivity contribution in [3.63, 3.8) is 0 Å². The maximum atomic E-state index is 14.0. The van der Waals surface area contributed by atoms with Crippen molar-refractivity contribution in [2.45, 2.75) is 19.4 Å². The van der Waals surface area contributed by atoms with E-state index in [9.17, 15) is 9.65 Å². The number of ether oxygens (including phenoxy) is 2. The van der Waals surface area contributed by atoms with Crippen LogP contribution >= 0.6 is 11.6 Å². The fraction of sp³-hybridized carbons (Fsp3) is 0.143. The molecule has 0 spiro atoms. The third-order valence-corrected chi connectivity index (χ3v) is 5.12. The van der Waals surface area contributed by atoms with Gasteiger partial charge in [-0.25, -0.2) is 4.39 Å². The molecule has 0 fully saturated rings. The number of aromatic amines is 1. The molecule has 0 saturated carbocycles. The standard InChI is InChI=1S/C21H16ClFN4O2/c1-11-18-19(14(9-24)20(25)29-21(18)27-26-11)12-4-2-5-13(8-12)28-10-15-16(22)6-3-7-17(15)23/h2-8,19H,10,25H2,1H3,(H,26,27). The van der Waals surface area contributed by atoms with Gasteiger partial charge in [0, 0.05) is 16.8 Å². The summed E-state index contributed by atoms with van der Waals surface area (Å²) in [4.78, 5) is 0. The van der Waals surface area contributed by atoms with Crippen molar-refractivity contribution in [3.8, 4) is 17.7 Å². The van der Waals surface area contributed by atoms with Crippen LogP contribution in [-0.2, 0) is 6.61 Å². The molecule has 146 valence electrons. The molecule has 0 saturated heterocycles. The molecule has 3 aromatic rings. The second-order valence-corrected chi connectivity index (χ2v) is 6.96. The number of hydrogen-bond acceptors (Lipinski definition) is 5. The molecule has 1 atom stereocenters. The van der Waals surface area contributed by atoms with E-state index in [1.54, 1.807) is 24.3 Å². The van der Waals surface area contributed by atoms with Gasteiger partial charge in [0.05, 0.1) is 10.9 Å². The van der Waals surface area contributed by atoms with E-state index < -0.39 is 11.7 Å². The number of hydrogen-bond donors (Lipinski definition) is 2. The fourth-order valence-electron chi connectivity index (χ4n) is 3.34. The van der Waals surface area contributed by atoms with Gasteiger partial charge in [-0.3, -0.25) is 5.10 Å². The lowest BCUT2D eigenvalue weighted by Crippen LogP contribution is -2.21. The molecule has 1 aliphatic heterocycles. The van der Waals surface area contributed by atoms with Crippen LogP contribution in [0.3, 0.4) is 0 Å². The zero-order chi connectivity index (χ0) is 20.5. The van der Waals surface area contributed by atoms with Gasteiger partial charge in [-0.05, 0) is 36.8 Å². The predicted octanol–water partition coefficient (Wildman–Crippen LogP) is 4.31. The highest BCUT2D eigenvalue weighted by Gasteiger charge is 2.34. The highest BCUT2D eigenvalue weighted by atomic mass is 35.5. The number of benzene rings is 2. The zero-order valence-corrected chi connectivity index (χ0v) is 16.1. The largest absolute Gasteiger partial charge is 0.489 e. The van der Waals surface area contributed by atoms with Crippen LogP contribution < -0.4 is 15.2 Å². The number of allylic oxidation sites excluding steroid dienone is 1. The van der Waals surface area contributed by atoms with Gasteiger partial charge in [-0.2, -0.15) is 5.26 Å². The monoisotopic (exact) mass is 410 g/mol. The number of nitrogens with one attached hydrogen (secondary N) is 1. The van der Waals surface area contributed by atoms with Crippen LogP contribution in [0, 0.1) is 24.1 Å². The molecule has 2 aromatic carbocycles. The quantitative estimate of drug-likeness (QED) is 0.668. The molecule has 4 rings (SSSR count). The number of aromatic nitrogens is 2. The molecule has 1 aliphatic rings. The number of rotatable bonds is 4. The molecule has 8 heteroatoms. The van der Waals surface area contributed by atoms with Gasteiger partial charge in [0.15, 0.2) is 0 Å². The molecule has 1 aromatic heterocycles. The molecular weight excluding hydrogens is 395 g/mol. The Morgan fingerprint density at radius 1 is 1.34 bits per heavy atom. The van der Waals surface area contributed by atoms with Gasteiger partial charge in [0.25, 0.3) is 0 Å². The lowest BCUT2D eigenvalue weighted by Gasteiger charge is -2.24. The molecular formula is C21H16ClFN4O2. The molecule has 1 unspecified atom stereocenters. The summed E-state index contributed by atoms with van der Waals surface area (Å²) < 4.78 is 25.2. The summed E-state index contributed by atoms with van der Waals surface area (Å²) in [6.07, 6.45) is 0. The summed E-state index contributed by atoms with van der Waals surface area (Å²) in [5.74, 6) is -0.0244. The van der Waals surface area contributed by atoms with E-state index in [2.05, 4.69) is 16.3 Å². The first-order chi connectivity index (χ1) is 14.0. The zero-order valence-electron chi connectivity index (χ0n) is 15.4. The number of nitrogens with zero attached hydrogens (tertiary/aromatic N) is 2. The maximum absolute atomic E-state index is 14.0. The average molecular weight is 411 g/mol. The number of aryl methyl sites for hydroxylation is 1. The summed E-state index contributed by atoms with van der Waals surface area (Å²) in [7, 11) is 0. The highest BCUT2D eigenvalue weighted by Crippen LogP contribution is 2.43. The van der Waals surface area contributed by atoms with Gasteiger partial charge < -0.3 is 15.2 Å². The third-order valence-electron chi connectivity index (χ3n) is 4.77. The lowest BCUT2D eigenvalue weighted by atomic mass is 9.84. The van der Waals surface area contributed by atoms with Crippen molar-refractivity contribution < 1.29 is 13.9 Å². The Labute approximate surface area is 171 Å². The molecule has 0 amide bonds. The maximum Gasteiger partial charge on any atom is 0.244 e. The first-order valence-corrected chi connectivity index (χ1v) is 9.15. The highest BCUT2D eigenvalue weighted by molar-refractivity contribution is 6.31. The second kappa shape index (κ2) is 7.49. The van der Waals surface area contributed by atoms with Crippen molar-refractivity contribution in [2.75, 3.05) is 0 Å². The summed E-state index contributed by atoms with van der Waals surface area (Å²) in [6, 6.07) is 13.8.